The van der Waals surface area contributed by atoms with Crippen LogP contribution in [-0.4, -0.2) is 29.2 Å². The molecule has 0 atom stereocenters. The molecule has 0 aliphatic heterocycles. The second-order valence-corrected chi connectivity index (χ2v) is 2.22. The fraction of sp³-hybridized carbons (Fsp3) is 0.857. The highest BCUT2D eigenvalue weighted by Gasteiger charge is 2.06. The van der Waals surface area contributed by atoms with E-state index in [0.717, 1.165) is 12.8 Å². The maximum atomic E-state index is 10.4. The molecule has 0 spiro atoms. The van der Waals surface area contributed by atoms with E-state index in [-0.39, 0.29) is 0 Å². The first-order chi connectivity index (χ1) is 4.72. The molecule has 0 fully saturated rings. The second kappa shape index (κ2) is 5.09. The van der Waals surface area contributed by atoms with E-state index in [9.17, 15) is 4.79 Å². The van der Waals surface area contributed by atoms with Crippen LogP contribution < -0.4 is 0 Å². The Hall–Kier alpha value is -0.730. The summed E-state index contributed by atoms with van der Waals surface area (Å²) in [5, 5.41) is 8.53. The van der Waals surface area contributed by atoms with Gasteiger partial charge in [-0.1, -0.05) is 13.3 Å². The summed E-state index contributed by atoms with van der Waals surface area (Å²) in [6.07, 6.45) is 1.19. The predicted molar refractivity (Wildman–Crippen MR) is 40.2 cm³/mol. The van der Waals surface area contributed by atoms with Gasteiger partial charge in [0.05, 0.1) is 0 Å². The molecular formula is C7H15NO2. The summed E-state index contributed by atoms with van der Waals surface area (Å²) in [4.78, 5) is 11.8. The van der Waals surface area contributed by atoms with Crippen molar-refractivity contribution in [1.29, 1.82) is 0 Å². The third-order valence-electron chi connectivity index (χ3n) is 1.43. The number of unbranched alkanes of at least 4 members (excludes halogenated alkanes) is 1. The lowest BCUT2D eigenvalue weighted by atomic mass is 10.3. The van der Waals surface area contributed by atoms with E-state index in [1.54, 1.807) is 0 Å². The average Bonchev–Trinajstić information content (AvgIpc) is 1.89. The second-order valence-electron chi connectivity index (χ2n) is 2.22. The Balaban J connectivity index is 3.50. The number of carbonyl (C=O) groups is 1. The highest BCUT2D eigenvalue weighted by atomic mass is 16.4. The zero-order valence-corrected chi connectivity index (χ0v) is 6.63. The van der Waals surface area contributed by atoms with Gasteiger partial charge in [0.1, 0.15) is 0 Å². The van der Waals surface area contributed by atoms with Gasteiger partial charge in [0.2, 0.25) is 0 Å². The number of nitrogens with zero attached hydrogens (tertiary/aromatic N) is 1. The van der Waals surface area contributed by atoms with Gasteiger partial charge in [-0.25, -0.2) is 4.79 Å². The first-order valence-electron chi connectivity index (χ1n) is 3.70. The molecule has 0 aliphatic rings. The quantitative estimate of drug-likeness (QED) is 0.655. The molecule has 3 heteroatoms. The maximum Gasteiger partial charge on any atom is 0.407 e. The van der Waals surface area contributed by atoms with Gasteiger partial charge in [0, 0.05) is 13.1 Å². The summed E-state index contributed by atoms with van der Waals surface area (Å²) in [5.74, 6) is 0. The van der Waals surface area contributed by atoms with E-state index in [1.165, 1.54) is 4.90 Å². The Morgan fingerprint density at radius 2 is 2.10 bits per heavy atom. The van der Waals surface area contributed by atoms with Crippen molar-refractivity contribution in [1.82, 2.24) is 4.90 Å². The van der Waals surface area contributed by atoms with Gasteiger partial charge >= 0.3 is 6.09 Å². The highest BCUT2D eigenvalue weighted by Crippen LogP contribution is 1.94. The topological polar surface area (TPSA) is 40.5 Å². The summed E-state index contributed by atoms with van der Waals surface area (Å²) >= 11 is 0. The van der Waals surface area contributed by atoms with Crippen LogP contribution in [0, 0.1) is 0 Å². The zero-order valence-electron chi connectivity index (χ0n) is 6.63. The molecule has 3 nitrogen and oxygen atoms in total. The molecule has 1 N–H and O–H groups in total. The normalized spacial score (nSPS) is 9.40. The number of amides is 1. The first-order valence-corrected chi connectivity index (χ1v) is 3.70. The van der Waals surface area contributed by atoms with Crippen molar-refractivity contribution < 1.29 is 9.90 Å². The molecule has 0 aliphatic carbocycles. The number of rotatable bonds is 4. The average molecular weight is 145 g/mol. The predicted octanol–water partition coefficient (Wildman–Crippen LogP) is 1.79. The lowest BCUT2D eigenvalue weighted by molar-refractivity contribution is 0.147. The molecule has 0 radical (unpaired) electrons. The Morgan fingerprint density at radius 1 is 1.50 bits per heavy atom. The Labute approximate surface area is 61.6 Å². The summed E-state index contributed by atoms with van der Waals surface area (Å²) in [5.41, 5.74) is 0. The standard InChI is InChI=1S/C7H15NO2/c1-3-5-6-8(4-2)7(9)10/h3-6H2,1-2H3,(H,9,10). The van der Waals surface area contributed by atoms with Crippen LogP contribution in [0.2, 0.25) is 0 Å². The van der Waals surface area contributed by atoms with Crippen LogP contribution in [0.15, 0.2) is 0 Å². The van der Waals surface area contributed by atoms with Crippen molar-refractivity contribution in [3.8, 4) is 0 Å². The summed E-state index contributed by atoms with van der Waals surface area (Å²) in [6.45, 7) is 5.16. The van der Waals surface area contributed by atoms with Gasteiger partial charge in [-0.2, -0.15) is 0 Å². The number of hydrogen-bond donors (Lipinski definition) is 1. The van der Waals surface area contributed by atoms with Crippen LogP contribution in [0.5, 0.6) is 0 Å². The van der Waals surface area contributed by atoms with Gasteiger partial charge < -0.3 is 10.0 Å². The van der Waals surface area contributed by atoms with Gasteiger partial charge in [-0.05, 0) is 13.3 Å². The molecule has 0 aromatic carbocycles. The Kier molecular flexibility index (Phi) is 4.72. The minimum Gasteiger partial charge on any atom is -0.465 e. The van der Waals surface area contributed by atoms with Crippen molar-refractivity contribution in [2.75, 3.05) is 13.1 Å². The molecule has 1 amide bonds. The van der Waals surface area contributed by atoms with E-state index in [4.69, 9.17) is 5.11 Å². The molecule has 0 saturated heterocycles. The van der Waals surface area contributed by atoms with Crippen molar-refractivity contribution in [2.24, 2.45) is 0 Å². The van der Waals surface area contributed by atoms with Crippen molar-refractivity contribution >= 4 is 6.09 Å². The summed E-state index contributed by atoms with van der Waals surface area (Å²) in [7, 11) is 0. The molecule has 0 saturated carbocycles. The van der Waals surface area contributed by atoms with Crippen LogP contribution in [0.1, 0.15) is 26.7 Å². The molecular weight excluding hydrogens is 130 g/mol. The third-order valence-corrected chi connectivity index (χ3v) is 1.43. The van der Waals surface area contributed by atoms with E-state index < -0.39 is 6.09 Å². The van der Waals surface area contributed by atoms with Gasteiger partial charge in [0.25, 0.3) is 0 Å². The summed E-state index contributed by atoms with van der Waals surface area (Å²) in [6, 6.07) is 0. The van der Waals surface area contributed by atoms with Crippen molar-refractivity contribution in [2.45, 2.75) is 26.7 Å². The van der Waals surface area contributed by atoms with Crippen LogP contribution in [0.4, 0.5) is 4.79 Å². The van der Waals surface area contributed by atoms with E-state index >= 15 is 0 Å². The third kappa shape index (κ3) is 3.33. The fourth-order valence-corrected chi connectivity index (χ4v) is 0.738. The number of carboxylic acid groups (broad SMARTS) is 1. The Morgan fingerprint density at radius 3 is 2.40 bits per heavy atom. The van der Waals surface area contributed by atoms with Crippen LogP contribution in [-0.2, 0) is 0 Å². The minimum atomic E-state index is -0.809. The molecule has 0 aromatic rings. The lowest BCUT2D eigenvalue weighted by Crippen LogP contribution is -2.29. The molecule has 10 heavy (non-hydrogen) atoms. The largest absolute Gasteiger partial charge is 0.465 e. The smallest absolute Gasteiger partial charge is 0.407 e. The van der Waals surface area contributed by atoms with Crippen LogP contribution in [0.25, 0.3) is 0 Å². The van der Waals surface area contributed by atoms with Crippen molar-refractivity contribution in [3.63, 3.8) is 0 Å². The lowest BCUT2D eigenvalue weighted by Gasteiger charge is -2.15. The maximum absolute atomic E-state index is 10.4. The van der Waals surface area contributed by atoms with Crippen molar-refractivity contribution in [3.05, 3.63) is 0 Å². The van der Waals surface area contributed by atoms with Gasteiger partial charge in [-0.3, -0.25) is 0 Å². The SMILES string of the molecule is CCCCN(CC)C(=O)O. The molecule has 0 unspecified atom stereocenters. The molecule has 0 heterocycles. The monoisotopic (exact) mass is 145 g/mol. The molecule has 0 bridgehead atoms. The molecule has 60 valence electrons. The summed E-state index contributed by atoms with van der Waals surface area (Å²) < 4.78 is 0. The van der Waals surface area contributed by atoms with Gasteiger partial charge in [0.15, 0.2) is 0 Å². The Bertz CT molecular complexity index is 104. The van der Waals surface area contributed by atoms with E-state index in [1.807, 2.05) is 6.92 Å². The highest BCUT2D eigenvalue weighted by molar-refractivity contribution is 5.64. The van der Waals surface area contributed by atoms with Crippen LogP contribution >= 0.6 is 0 Å². The number of hydrogen-bond acceptors (Lipinski definition) is 1. The minimum absolute atomic E-state index is 0.593. The van der Waals surface area contributed by atoms with Gasteiger partial charge in [-0.15, -0.1) is 0 Å². The molecule has 0 aromatic heterocycles. The first kappa shape index (κ1) is 9.27. The fourth-order valence-electron chi connectivity index (χ4n) is 0.738. The van der Waals surface area contributed by atoms with E-state index in [2.05, 4.69) is 6.92 Å². The van der Waals surface area contributed by atoms with E-state index in [0.29, 0.717) is 13.1 Å². The molecule has 0 rings (SSSR count). The van der Waals surface area contributed by atoms with Crippen LogP contribution in [0.3, 0.4) is 0 Å². The zero-order chi connectivity index (χ0) is 7.98.